The smallest absolute Gasteiger partial charge is 0.276 e. The molecule has 1 aromatic heterocycles. The number of nitrogens with zero attached hydrogens (tertiary/aromatic N) is 4. The Bertz CT molecular complexity index is 552. The molecule has 2 rings (SSSR count). The zero-order chi connectivity index (χ0) is 16.3. The molecule has 0 saturated heterocycles. The largest absolute Gasteiger partial charge is 0.346 e. The molecule has 0 unspecified atom stereocenters. The third-order valence-electron chi connectivity index (χ3n) is 4.09. The van der Waals surface area contributed by atoms with Gasteiger partial charge in [-0.25, -0.2) is 4.68 Å². The van der Waals surface area contributed by atoms with Gasteiger partial charge in [0.25, 0.3) is 11.8 Å². The fraction of sp³-hybridized carbons (Fsp3) is 0.733. The maximum absolute atomic E-state index is 12.6. The number of hydrogen-bond acceptors (Lipinski definition) is 4. The van der Waals surface area contributed by atoms with Crippen LogP contribution in [-0.4, -0.2) is 50.8 Å². The summed E-state index contributed by atoms with van der Waals surface area (Å²) in [6.07, 6.45) is 1.95. The Hall–Kier alpha value is -1.92. The second kappa shape index (κ2) is 6.89. The molecule has 0 saturated carbocycles. The number of carbonyl (C=O) groups is 2. The zero-order valence-electron chi connectivity index (χ0n) is 13.8. The van der Waals surface area contributed by atoms with E-state index in [1.54, 1.807) is 9.58 Å². The summed E-state index contributed by atoms with van der Waals surface area (Å²) in [5, 5.41) is 10.9. The van der Waals surface area contributed by atoms with Gasteiger partial charge in [-0.15, -0.1) is 5.10 Å². The highest BCUT2D eigenvalue weighted by Gasteiger charge is 2.34. The van der Waals surface area contributed by atoms with Gasteiger partial charge < -0.3 is 10.2 Å². The van der Waals surface area contributed by atoms with Gasteiger partial charge in [-0.2, -0.15) is 0 Å². The van der Waals surface area contributed by atoms with E-state index in [4.69, 9.17) is 0 Å². The minimum absolute atomic E-state index is 0.0204. The van der Waals surface area contributed by atoms with Gasteiger partial charge in [0.15, 0.2) is 11.4 Å². The van der Waals surface area contributed by atoms with Gasteiger partial charge in [-0.05, 0) is 19.3 Å². The zero-order valence-corrected chi connectivity index (χ0v) is 13.8. The summed E-state index contributed by atoms with van der Waals surface area (Å²) in [5.41, 5.74) is 0.453. The predicted octanol–water partition coefficient (Wildman–Crippen LogP) is 1.31. The van der Waals surface area contributed by atoms with Crippen LogP contribution in [0, 0.1) is 5.92 Å². The number of amides is 2. The third-order valence-corrected chi connectivity index (χ3v) is 4.09. The Kier molecular flexibility index (Phi) is 5.15. The van der Waals surface area contributed by atoms with E-state index in [0.29, 0.717) is 25.6 Å². The molecule has 22 heavy (non-hydrogen) atoms. The summed E-state index contributed by atoms with van der Waals surface area (Å²) in [7, 11) is 0. The van der Waals surface area contributed by atoms with E-state index in [1.165, 1.54) is 0 Å². The van der Waals surface area contributed by atoms with Crippen LogP contribution in [0.4, 0.5) is 0 Å². The molecule has 0 bridgehead atoms. The Balaban J connectivity index is 2.24. The van der Waals surface area contributed by atoms with Gasteiger partial charge >= 0.3 is 0 Å². The SMILES string of the molecule is CCCCN(CC)C(=O)c1nnn2c1C(=O)N[C@@H](C(C)C)C2. The average Bonchev–Trinajstić information content (AvgIpc) is 2.92. The lowest BCUT2D eigenvalue weighted by molar-refractivity contribution is 0.0744. The van der Waals surface area contributed by atoms with Gasteiger partial charge in [0.05, 0.1) is 12.6 Å². The maximum Gasteiger partial charge on any atom is 0.276 e. The van der Waals surface area contributed by atoms with Crippen LogP contribution < -0.4 is 5.32 Å². The van der Waals surface area contributed by atoms with E-state index in [9.17, 15) is 9.59 Å². The topological polar surface area (TPSA) is 80.1 Å². The number of fused-ring (bicyclic) bond motifs is 1. The van der Waals surface area contributed by atoms with Crippen molar-refractivity contribution in [3.8, 4) is 0 Å². The van der Waals surface area contributed by atoms with Crippen molar-refractivity contribution in [2.45, 2.75) is 53.1 Å². The number of rotatable bonds is 6. The molecule has 2 heterocycles. The second-order valence-electron chi connectivity index (χ2n) is 6.03. The Morgan fingerprint density at radius 3 is 2.77 bits per heavy atom. The van der Waals surface area contributed by atoms with Gasteiger partial charge in [-0.1, -0.05) is 32.4 Å². The number of unbranched alkanes of at least 4 members (excludes halogenated alkanes) is 1. The van der Waals surface area contributed by atoms with E-state index in [0.717, 1.165) is 12.8 Å². The number of nitrogens with one attached hydrogen (secondary N) is 1. The highest BCUT2D eigenvalue weighted by molar-refractivity contribution is 6.05. The van der Waals surface area contributed by atoms with Crippen LogP contribution in [-0.2, 0) is 6.54 Å². The minimum Gasteiger partial charge on any atom is -0.346 e. The maximum atomic E-state index is 12.6. The van der Waals surface area contributed by atoms with Crippen LogP contribution >= 0.6 is 0 Å². The third kappa shape index (κ3) is 3.13. The van der Waals surface area contributed by atoms with Crippen LogP contribution in [0.15, 0.2) is 0 Å². The van der Waals surface area contributed by atoms with E-state index in [1.807, 2.05) is 20.8 Å². The Morgan fingerprint density at radius 2 is 2.18 bits per heavy atom. The molecule has 1 aliphatic heterocycles. The summed E-state index contributed by atoms with van der Waals surface area (Å²) < 4.78 is 1.56. The molecule has 7 heteroatoms. The Labute approximate surface area is 131 Å². The predicted molar refractivity (Wildman–Crippen MR) is 82.6 cm³/mol. The molecule has 122 valence electrons. The molecule has 0 fully saturated rings. The first-order valence-electron chi connectivity index (χ1n) is 8.03. The fourth-order valence-corrected chi connectivity index (χ4v) is 2.56. The molecule has 7 nitrogen and oxygen atoms in total. The standard InChI is InChI=1S/C15H25N5O2/c1-5-7-8-19(6-2)15(22)12-13-14(21)16-11(10(3)4)9-20(13)18-17-12/h10-11H,5-9H2,1-4H3,(H,16,21)/t11-/m1/s1. The molecule has 0 aliphatic carbocycles. The number of aromatic nitrogens is 3. The quantitative estimate of drug-likeness (QED) is 0.859. The van der Waals surface area contributed by atoms with Gasteiger partial charge in [-0.3, -0.25) is 9.59 Å². The van der Waals surface area contributed by atoms with E-state index >= 15 is 0 Å². The van der Waals surface area contributed by atoms with Gasteiger partial charge in [0.2, 0.25) is 0 Å². The molecule has 1 atom stereocenters. The summed E-state index contributed by atoms with van der Waals surface area (Å²) >= 11 is 0. The Morgan fingerprint density at radius 1 is 1.45 bits per heavy atom. The summed E-state index contributed by atoms with van der Waals surface area (Å²) in [5.74, 6) is -0.169. The molecule has 1 N–H and O–H groups in total. The first kappa shape index (κ1) is 16.5. The molecule has 0 spiro atoms. The summed E-state index contributed by atoms with van der Waals surface area (Å²) in [6.45, 7) is 9.93. The van der Waals surface area contributed by atoms with E-state index < -0.39 is 0 Å². The summed E-state index contributed by atoms with van der Waals surface area (Å²) in [6, 6.07) is 0.0204. The van der Waals surface area contributed by atoms with Crippen molar-refractivity contribution < 1.29 is 9.59 Å². The van der Waals surface area contributed by atoms with Crippen LogP contribution in [0.1, 0.15) is 61.5 Å². The van der Waals surface area contributed by atoms with Crippen LogP contribution in [0.5, 0.6) is 0 Å². The van der Waals surface area contributed by atoms with Crippen LogP contribution in [0.3, 0.4) is 0 Å². The van der Waals surface area contributed by atoms with Crippen molar-refractivity contribution in [2.75, 3.05) is 13.1 Å². The van der Waals surface area contributed by atoms with Crippen molar-refractivity contribution in [2.24, 2.45) is 5.92 Å². The lowest BCUT2D eigenvalue weighted by Crippen LogP contribution is -2.48. The van der Waals surface area contributed by atoms with E-state index in [-0.39, 0.29) is 29.2 Å². The van der Waals surface area contributed by atoms with Crippen molar-refractivity contribution in [3.05, 3.63) is 11.4 Å². The molecule has 1 aliphatic rings. The van der Waals surface area contributed by atoms with Crippen molar-refractivity contribution in [3.63, 3.8) is 0 Å². The minimum atomic E-state index is -0.259. The first-order chi connectivity index (χ1) is 10.5. The molecule has 0 aromatic carbocycles. The van der Waals surface area contributed by atoms with Crippen LogP contribution in [0.2, 0.25) is 0 Å². The lowest BCUT2D eigenvalue weighted by atomic mass is 10.0. The van der Waals surface area contributed by atoms with Gasteiger partial charge in [0, 0.05) is 13.1 Å². The normalized spacial score (nSPS) is 17.3. The highest BCUT2D eigenvalue weighted by atomic mass is 16.2. The monoisotopic (exact) mass is 307 g/mol. The molecule has 1 aromatic rings. The highest BCUT2D eigenvalue weighted by Crippen LogP contribution is 2.17. The van der Waals surface area contributed by atoms with Crippen LogP contribution in [0.25, 0.3) is 0 Å². The van der Waals surface area contributed by atoms with Crippen molar-refractivity contribution in [1.29, 1.82) is 0 Å². The van der Waals surface area contributed by atoms with Crippen molar-refractivity contribution in [1.82, 2.24) is 25.2 Å². The molecule has 2 amide bonds. The average molecular weight is 307 g/mol. The fourth-order valence-electron chi connectivity index (χ4n) is 2.56. The van der Waals surface area contributed by atoms with E-state index in [2.05, 4.69) is 22.6 Å². The number of carbonyl (C=O) groups excluding carboxylic acids is 2. The second-order valence-corrected chi connectivity index (χ2v) is 6.03. The molecule has 0 radical (unpaired) electrons. The molecular weight excluding hydrogens is 282 g/mol. The lowest BCUT2D eigenvalue weighted by Gasteiger charge is -2.27. The van der Waals surface area contributed by atoms with Gasteiger partial charge in [0.1, 0.15) is 0 Å². The summed E-state index contributed by atoms with van der Waals surface area (Å²) in [4.78, 5) is 26.7. The number of hydrogen-bond donors (Lipinski definition) is 1. The molecular formula is C15H25N5O2. The first-order valence-corrected chi connectivity index (χ1v) is 8.03. The van der Waals surface area contributed by atoms with Crippen molar-refractivity contribution >= 4 is 11.8 Å².